The molecule has 2 aromatic rings. The third kappa shape index (κ3) is 5.70. The fourth-order valence-corrected chi connectivity index (χ4v) is 3.07. The maximum atomic E-state index is 5.77. The highest BCUT2D eigenvalue weighted by Crippen LogP contribution is 2.16. The van der Waals surface area contributed by atoms with Crippen molar-refractivity contribution in [2.24, 2.45) is 4.99 Å². The molecule has 2 N–H and O–H groups in total. The monoisotopic (exact) mass is 469 g/mol. The van der Waals surface area contributed by atoms with Gasteiger partial charge in [-0.2, -0.15) is 0 Å². The molecule has 0 spiro atoms. The summed E-state index contributed by atoms with van der Waals surface area (Å²) in [6, 6.07) is 10.2. The van der Waals surface area contributed by atoms with Gasteiger partial charge in [0.1, 0.15) is 5.82 Å². The fraction of sp³-hybridized carbons (Fsp3) is 0.474. The number of aromatic nitrogens is 2. The molecule has 1 unspecified atom stereocenters. The minimum atomic E-state index is 0. The van der Waals surface area contributed by atoms with Crippen LogP contribution in [0.25, 0.3) is 11.3 Å². The van der Waals surface area contributed by atoms with Crippen molar-refractivity contribution < 1.29 is 4.74 Å². The molecule has 0 aliphatic carbocycles. The zero-order valence-electron chi connectivity index (χ0n) is 15.4. The summed E-state index contributed by atoms with van der Waals surface area (Å²) in [5, 5.41) is 3.41. The van der Waals surface area contributed by atoms with Crippen molar-refractivity contribution in [1.82, 2.24) is 20.2 Å². The molecule has 1 atom stereocenters. The van der Waals surface area contributed by atoms with E-state index >= 15 is 0 Å². The molecule has 3 rings (SSSR count). The molecule has 0 radical (unpaired) electrons. The molecular formula is C19H28IN5O. The van der Waals surface area contributed by atoms with E-state index in [0.29, 0.717) is 6.54 Å². The summed E-state index contributed by atoms with van der Waals surface area (Å²) in [6.45, 7) is 2.33. The second kappa shape index (κ2) is 10.5. The number of halogens is 1. The Kier molecular flexibility index (Phi) is 8.37. The van der Waals surface area contributed by atoms with Gasteiger partial charge in [0.05, 0.1) is 24.5 Å². The van der Waals surface area contributed by atoms with E-state index in [2.05, 4.69) is 37.3 Å². The number of hydrogen-bond donors (Lipinski definition) is 2. The second-order valence-electron chi connectivity index (χ2n) is 6.38. The summed E-state index contributed by atoms with van der Waals surface area (Å²) >= 11 is 0. The molecule has 0 bridgehead atoms. The zero-order valence-corrected chi connectivity index (χ0v) is 17.8. The average molecular weight is 469 g/mol. The quantitative estimate of drug-likeness (QED) is 0.401. The number of aromatic amines is 1. The number of hydrogen-bond acceptors (Lipinski definition) is 3. The van der Waals surface area contributed by atoms with Gasteiger partial charge in [-0.3, -0.25) is 4.99 Å². The lowest BCUT2D eigenvalue weighted by Gasteiger charge is -2.26. The van der Waals surface area contributed by atoms with Gasteiger partial charge in [-0.05, 0) is 24.8 Å². The molecule has 0 amide bonds. The van der Waals surface area contributed by atoms with E-state index in [1.54, 1.807) is 7.05 Å². The van der Waals surface area contributed by atoms with E-state index < -0.39 is 0 Å². The minimum absolute atomic E-state index is 0. The Labute approximate surface area is 172 Å². The molecule has 142 valence electrons. The van der Waals surface area contributed by atoms with Crippen molar-refractivity contribution in [3.8, 4) is 11.3 Å². The summed E-state index contributed by atoms with van der Waals surface area (Å²) in [5.41, 5.74) is 2.17. The summed E-state index contributed by atoms with van der Waals surface area (Å²) < 4.78 is 5.77. The van der Waals surface area contributed by atoms with Crippen LogP contribution < -0.4 is 5.32 Å². The predicted octanol–water partition coefficient (Wildman–Crippen LogP) is 3.27. The molecular weight excluding hydrogens is 441 g/mol. The van der Waals surface area contributed by atoms with Gasteiger partial charge in [0.15, 0.2) is 5.96 Å². The van der Waals surface area contributed by atoms with Gasteiger partial charge in [0.25, 0.3) is 0 Å². The van der Waals surface area contributed by atoms with Crippen LogP contribution in [0, 0.1) is 0 Å². The van der Waals surface area contributed by atoms with Crippen LogP contribution in [0.15, 0.2) is 41.5 Å². The maximum absolute atomic E-state index is 5.77. The number of aliphatic imine (C=N–C) groups is 1. The predicted molar refractivity (Wildman–Crippen MR) is 116 cm³/mol. The first kappa shape index (κ1) is 20.7. The van der Waals surface area contributed by atoms with Crippen LogP contribution in [-0.2, 0) is 11.3 Å². The molecule has 1 aliphatic heterocycles. The lowest BCUT2D eigenvalue weighted by atomic mass is 10.1. The number of H-pyrrole nitrogens is 1. The van der Waals surface area contributed by atoms with E-state index in [1.165, 1.54) is 12.8 Å². The Balaban J connectivity index is 0.00000243. The van der Waals surface area contributed by atoms with Gasteiger partial charge in [0, 0.05) is 27.2 Å². The van der Waals surface area contributed by atoms with Crippen molar-refractivity contribution in [3.05, 3.63) is 42.4 Å². The first-order valence-electron chi connectivity index (χ1n) is 8.89. The standard InChI is InChI=1S/C19H27N5O.HI/c1-20-19(22-12-16-10-6-7-11-25-16)24(2)14-18-21-13-17(23-18)15-8-4-3-5-9-15;/h3-5,8-9,13,16H,6-7,10-12,14H2,1-2H3,(H,20,22)(H,21,23);1H. The molecule has 1 aliphatic rings. The van der Waals surface area contributed by atoms with Crippen molar-refractivity contribution >= 4 is 29.9 Å². The van der Waals surface area contributed by atoms with E-state index in [4.69, 9.17) is 4.74 Å². The number of benzene rings is 1. The van der Waals surface area contributed by atoms with Crippen LogP contribution in [0.2, 0.25) is 0 Å². The zero-order chi connectivity index (χ0) is 17.5. The van der Waals surface area contributed by atoms with Gasteiger partial charge in [-0.25, -0.2) is 4.98 Å². The van der Waals surface area contributed by atoms with Gasteiger partial charge in [-0.1, -0.05) is 30.3 Å². The Morgan fingerprint density at radius 3 is 2.85 bits per heavy atom. The average Bonchev–Trinajstić information content (AvgIpc) is 3.12. The lowest BCUT2D eigenvalue weighted by molar-refractivity contribution is 0.0191. The van der Waals surface area contributed by atoms with Gasteiger partial charge in [-0.15, -0.1) is 24.0 Å². The third-order valence-electron chi connectivity index (χ3n) is 4.44. The normalized spacial score (nSPS) is 17.5. The molecule has 2 heterocycles. The van der Waals surface area contributed by atoms with Crippen LogP contribution in [0.4, 0.5) is 0 Å². The fourth-order valence-electron chi connectivity index (χ4n) is 3.07. The molecule has 1 aromatic heterocycles. The van der Waals surface area contributed by atoms with E-state index in [1.807, 2.05) is 31.4 Å². The molecule has 1 fully saturated rings. The third-order valence-corrected chi connectivity index (χ3v) is 4.44. The highest BCUT2D eigenvalue weighted by molar-refractivity contribution is 14.0. The van der Waals surface area contributed by atoms with Crippen LogP contribution >= 0.6 is 24.0 Å². The number of guanidine groups is 1. The minimum Gasteiger partial charge on any atom is -0.376 e. The van der Waals surface area contributed by atoms with Crippen molar-refractivity contribution in [1.29, 1.82) is 0 Å². The number of ether oxygens (including phenoxy) is 1. The van der Waals surface area contributed by atoms with Crippen molar-refractivity contribution in [3.63, 3.8) is 0 Å². The second-order valence-corrected chi connectivity index (χ2v) is 6.38. The summed E-state index contributed by atoms with van der Waals surface area (Å²) in [4.78, 5) is 14.3. The molecule has 1 saturated heterocycles. The lowest BCUT2D eigenvalue weighted by Crippen LogP contribution is -2.43. The SMILES string of the molecule is CN=C(NCC1CCCCO1)N(C)Cc1ncc(-c2ccccc2)[nH]1.I. The number of imidazole rings is 1. The maximum Gasteiger partial charge on any atom is 0.193 e. The van der Waals surface area contributed by atoms with Gasteiger partial charge in [0.2, 0.25) is 0 Å². The van der Waals surface area contributed by atoms with Crippen LogP contribution in [0.5, 0.6) is 0 Å². The van der Waals surface area contributed by atoms with Crippen LogP contribution in [-0.4, -0.2) is 54.2 Å². The molecule has 0 saturated carbocycles. The number of nitrogens with one attached hydrogen (secondary N) is 2. The summed E-state index contributed by atoms with van der Waals surface area (Å²) in [6.07, 6.45) is 5.70. The topological polar surface area (TPSA) is 65.5 Å². The first-order valence-corrected chi connectivity index (χ1v) is 8.89. The van der Waals surface area contributed by atoms with Crippen LogP contribution in [0.1, 0.15) is 25.1 Å². The van der Waals surface area contributed by atoms with Gasteiger partial charge >= 0.3 is 0 Å². The summed E-state index contributed by atoms with van der Waals surface area (Å²) in [5.74, 6) is 1.77. The smallest absolute Gasteiger partial charge is 0.193 e. The first-order chi connectivity index (χ1) is 12.3. The molecule has 6 nitrogen and oxygen atoms in total. The Morgan fingerprint density at radius 2 is 2.15 bits per heavy atom. The number of nitrogens with zero attached hydrogens (tertiary/aromatic N) is 3. The number of rotatable bonds is 5. The molecule has 7 heteroatoms. The van der Waals surface area contributed by atoms with Crippen LogP contribution in [0.3, 0.4) is 0 Å². The Bertz CT molecular complexity index is 682. The highest BCUT2D eigenvalue weighted by Gasteiger charge is 2.16. The van der Waals surface area contributed by atoms with E-state index in [-0.39, 0.29) is 30.1 Å². The van der Waals surface area contributed by atoms with Crippen molar-refractivity contribution in [2.75, 3.05) is 27.2 Å². The molecule has 1 aromatic carbocycles. The largest absolute Gasteiger partial charge is 0.376 e. The Hall–Kier alpha value is -1.61. The Morgan fingerprint density at radius 1 is 1.35 bits per heavy atom. The van der Waals surface area contributed by atoms with E-state index in [9.17, 15) is 0 Å². The van der Waals surface area contributed by atoms with E-state index in [0.717, 1.165) is 42.6 Å². The van der Waals surface area contributed by atoms with Crippen molar-refractivity contribution in [2.45, 2.75) is 31.9 Å². The molecule has 26 heavy (non-hydrogen) atoms. The van der Waals surface area contributed by atoms with Gasteiger partial charge < -0.3 is 19.9 Å². The highest BCUT2D eigenvalue weighted by atomic mass is 127. The summed E-state index contributed by atoms with van der Waals surface area (Å²) in [7, 11) is 3.82.